The number of aliphatic carboxylic acids is 1. The van der Waals surface area contributed by atoms with Crippen molar-refractivity contribution >= 4 is 12.0 Å². The molecule has 2 atom stereocenters. The molecule has 2 unspecified atom stereocenters. The van der Waals surface area contributed by atoms with Gasteiger partial charge in [-0.1, -0.05) is 30.3 Å². The maximum Gasteiger partial charge on any atom is 0.317 e. The Kier molecular flexibility index (Phi) is 8.69. The summed E-state index contributed by atoms with van der Waals surface area (Å²) in [7, 11) is 3.78. The molecule has 28 heavy (non-hydrogen) atoms. The van der Waals surface area contributed by atoms with Gasteiger partial charge in [0.2, 0.25) is 0 Å². The Labute approximate surface area is 167 Å². The summed E-state index contributed by atoms with van der Waals surface area (Å²) < 4.78 is 5.68. The van der Waals surface area contributed by atoms with Crippen molar-refractivity contribution in [2.75, 3.05) is 53.4 Å². The number of hydrogen-bond donors (Lipinski definition) is 2. The summed E-state index contributed by atoms with van der Waals surface area (Å²) in [5.41, 5.74) is 1.24. The summed E-state index contributed by atoms with van der Waals surface area (Å²) in [5.74, 6) is -0.874. The number of likely N-dealkylation sites (N-methyl/N-ethyl adjacent to an activating group) is 2. The van der Waals surface area contributed by atoms with Gasteiger partial charge in [-0.3, -0.25) is 9.69 Å². The van der Waals surface area contributed by atoms with E-state index in [0.717, 1.165) is 13.1 Å². The Morgan fingerprint density at radius 1 is 1.29 bits per heavy atom. The smallest absolute Gasteiger partial charge is 0.317 e. The third-order valence-electron chi connectivity index (χ3n) is 4.60. The molecule has 1 aromatic carbocycles. The Bertz CT molecular complexity index is 628. The first-order valence-electron chi connectivity index (χ1n) is 9.63. The summed E-state index contributed by atoms with van der Waals surface area (Å²) in [6, 6.07) is 10.1. The van der Waals surface area contributed by atoms with Gasteiger partial charge in [-0.2, -0.15) is 0 Å². The van der Waals surface area contributed by atoms with Crippen LogP contribution in [0.2, 0.25) is 0 Å². The summed E-state index contributed by atoms with van der Waals surface area (Å²) >= 11 is 0. The predicted molar refractivity (Wildman–Crippen MR) is 107 cm³/mol. The Morgan fingerprint density at radius 2 is 2.00 bits per heavy atom. The minimum atomic E-state index is -0.874. The van der Waals surface area contributed by atoms with E-state index >= 15 is 0 Å². The van der Waals surface area contributed by atoms with Crippen LogP contribution in [-0.4, -0.2) is 97.4 Å². The number of ether oxygens (including phenoxy) is 1. The van der Waals surface area contributed by atoms with Crippen molar-refractivity contribution in [1.29, 1.82) is 0 Å². The van der Waals surface area contributed by atoms with Crippen LogP contribution in [0.1, 0.15) is 12.5 Å². The maximum absolute atomic E-state index is 12.6. The molecule has 1 aliphatic heterocycles. The molecule has 1 aromatic rings. The maximum atomic E-state index is 12.6. The fraction of sp³-hybridized carbons (Fsp3) is 0.600. The molecule has 156 valence electrons. The van der Waals surface area contributed by atoms with Gasteiger partial charge in [0.25, 0.3) is 0 Å². The van der Waals surface area contributed by atoms with Gasteiger partial charge in [0.05, 0.1) is 19.3 Å². The number of hydrogen-bond acceptors (Lipinski definition) is 5. The summed E-state index contributed by atoms with van der Waals surface area (Å²) in [4.78, 5) is 29.0. The highest BCUT2D eigenvalue weighted by Gasteiger charge is 2.26. The summed E-state index contributed by atoms with van der Waals surface area (Å²) in [6.07, 6.45) is -0.181. The van der Waals surface area contributed by atoms with Gasteiger partial charge in [0, 0.05) is 38.8 Å². The number of carbonyl (C=O) groups is 2. The highest BCUT2D eigenvalue weighted by molar-refractivity contribution is 5.74. The number of nitrogens with zero attached hydrogens (tertiary/aromatic N) is 3. The predicted octanol–water partition coefficient (Wildman–Crippen LogP) is 0.934. The zero-order valence-electron chi connectivity index (χ0n) is 17.0. The first kappa shape index (κ1) is 22.1. The van der Waals surface area contributed by atoms with Gasteiger partial charge in [-0.15, -0.1) is 0 Å². The molecular weight excluding hydrogens is 360 g/mol. The number of benzene rings is 1. The van der Waals surface area contributed by atoms with Gasteiger partial charge in [0.1, 0.15) is 0 Å². The average molecular weight is 393 g/mol. The van der Waals surface area contributed by atoms with E-state index in [1.807, 2.05) is 32.2 Å². The van der Waals surface area contributed by atoms with E-state index in [0.29, 0.717) is 26.2 Å². The second-order valence-electron chi connectivity index (χ2n) is 7.56. The number of morpholine rings is 1. The minimum absolute atomic E-state index is 0.0113. The molecule has 0 aromatic heterocycles. The minimum Gasteiger partial charge on any atom is -0.480 e. The highest BCUT2D eigenvalue weighted by Crippen LogP contribution is 2.08. The van der Waals surface area contributed by atoms with E-state index in [1.54, 1.807) is 16.8 Å². The van der Waals surface area contributed by atoms with Crippen LogP contribution in [0.25, 0.3) is 0 Å². The number of rotatable bonds is 9. The molecule has 2 N–H and O–H groups in total. The largest absolute Gasteiger partial charge is 0.480 e. The van der Waals surface area contributed by atoms with E-state index in [4.69, 9.17) is 9.84 Å². The molecule has 2 rings (SSSR count). The zero-order chi connectivity index (χ0) is 20.5. The molecule has 8 nitrogen and oxygen atoms in total. The molecule has 8 heteroatoms. The lowest BCUT2D eigenvalue weighted by Crippen LogP contribution is -2.54. The fourth-order valence-electron chi connectivity index (χ4n) is 3.43. The van der Waals surface area contributed by atoms with E-state index < -0.39 is 5.97 Å². The third-order valence-corrected chi connectivity index (χ3v) is 4.60. The molecule has 0 aliphatic carbocycles. The zero-order valence-corrected chi connectivity index (χ0v) is 17.0. The highest BCUT2D eigenvalue weighted by atomic mass is 16.5. The number of urea groups is 1. The van der Waals surface area contributed by atoms with E-state index in [9.17, 15) is 9.59 Å². The molecule has 1 fully saturated rings. The van der Waals surface area contributed by atoms with Crippen molar-refractivity contribution < 1.29 is 19.4 Å². The van der Waals surface area contributed by atoms with Crippen LogP contribution in [0.4, 0.5) is 4.79 Å². The molecule has 0 saturated carbocycles. The number of amides is 2. The van der Waals surface area contributed by atoms with Crippen LogP contribution in [0, 0.1) is 0 Å². The molecule has 2 amide bonds. The molecule has 0 spiro atoms. The standard InChI is InChI=1S/C20H32N4O4/c1-16(11-22(2)12-17-7-5-4-6-8-17)21-20(27)24-9-10-28-18(14-24)13-23(3)15-19(25)26/h4-8,16,18H,9-15H2,1-3H3,(H,21,27)(H,25,26). The van der Waals surface area contributed by atoms with E-state index in [2.05, 4.69) is 22.3 Å². The van der Waals surface area contributed by atoms with Crippen molar-refractivity contribution in [2.45, 2.75) is 25.6 Å². The van der Waals surface area contributed by atoms with Gasteiger partial charge >= 0.3 is 12.0 Å². The van der Waals surface area contributed by atoms with Crippen LogP contribution in [0.15, 0.2) is 30.3 Å². The van der Waals surface area contributed by atoms with E-state index in [-0.39, 0.29) is 24.7 Å². The van der Waals surface area contributed by atoms with Crippen LogP contribution >= 0.6 is 0 Å². The summed E-state index contributed by atoms with van der Waals surface area (Å²) in [6.45, 7) is 5.47. The second-order valence-corrected chi connectivity index (χ2v) is 7.56. The fourth-order valence-corrected chi connectivity index (χ4v) is 3.43. The van der Waals surface area contributed by atoms with Crippen molar-refractivity contribution in [2.24, 2.45) is 0 Å². The molecule has 1 heterocycles. The lowest BCUT2D eigenvalue weighted by molar-refractivity contribution is -0.138. The Morgan fingerprint density at radius 3 is 2.68 bits per heavy atom. The third kappa shape index (κ3) is 7.84. The molecular formula is C20H32N4O4. The first-order valence-corrected chi connectivity index (χ1v) is 9.63. The topological polar surface area (TPSA) is 85.4 Å². The Balaban J connectivity index is 1.75. The quantitative estimate of drug-likeness (QED) is 0.650. The second kappa shape index (κ2) is 11.0. The first-order chi connectivity index (χ1) is 13.3. The van der Waals surface area contributed by atoms with Gasteiger partial charge in [-0.05, 0) is 26.6 Å². The lowest BCUT2D eigenvalue weighted by atomic mass is 10.2. The molecule has 0 bridgehead atoms. The number of nitrogens with one attached hydrogen (secondary N) is 1. The van der Waals surface area contributed by atoms with Crippen molar-refractivity contribution in [1.82, 2.24) is 20.0 Å². The van der Waals surface area contributed by atoms with Gasteiger partial charge < -0.3 is 25.0 Å². The lowest BCUT2D eigenvalue weighted by Gasteiger charge is -2.35. The Hall–Kier alpha value is -2.16. The number of carboxylic acids is 1. The van der Waals surface area contributed by atoms with Crippen LogP contribution in [0.5, 0.6) is 0 Å². The average Bonchev–Trinajstić information content (AvgIpc) is 2.61. The number of carbonyl (C=O) groups excluding carboxylic acids is 1. The van der Waals surface area contributed by atoms with Crippen LogP contribution in [-0.2, 0) is 16.1 Å². The van der Waals surface area contributed by atoms with Crippen molar-refractivity contribution in [3.63, 3.8) is 0 Å². The van der Waals surface area contributed by atoms with Gasteiger partial charge in [0.15, 0.2) is 0 Å². The monoisotopic (exact) mass is 392 g/mol. The van der Waals surface area contributed by atoms with Crippen molar-refractivity contribution in [3.05, 3.63) is 35.9 Å². The van der Waals surface area contributed by atoms with Gasteiger partial charge in [-0.25, -0.2) is 4.79 Å². The summed E-state index contributed by atoms with van der Waals surface area (Å²) in [5, 5.41) is 11.9. The molecule has 0 radical (unpaired) electrons. The van der Waals surface area contributed by atoms with Crippen molar-refractivity contribution in [3.8, 4) is 0 Å². The molecule has 1 aliphatic rings. The molecule has 1 saturated heterocycles. The van der Waals surface area contributed by atoms with E-state index in [1.165, 1.54) is 5.56 Å². The van der Waals surface area contributed by atoms with Crippen LogP contribution < -0.4 is 5.32 Å². The van der Waals surface area contributed by atoms with Crippen LogP contribution in [0.3, 0.4) is 0 Å². The SMILES string of the molecule is CC(CN(C)Cc1ccccc1)NC(=O)N1CCOC(CN(C)CC(=O)O)C1. The normalized spacial score (nSPS) is 18.3. The number of carboxylic acid groups (broad SMARTS) is 1.